The second-order valence-corrected chi connectivity index (χ2v) is 7.20. The number of carboxylic acids is 1. The summed E-state index contributed by atoms with van der Waals surface area (Å²) in [5.41, 5.74) is 0. The molecule has 118 valence electrons. The molecular formula is C17H21NO4. The van der Waals surface area contributed by atoms with Crippen molar-refractivity contribution in [1.29, 1.82) is 0 Å². The van der Waals surface area contributed by atoms with E-state index in [0.717, 1.165) is 17.7 Å². The van der Waals surface area contributed by atoms with E-state index < -0.39 is 12.0 Å². The van der Waals surface area contributed by atoms with Crippen molar-refractivity contribution in [2.75, 3.05) is 0 Å². The van der Waals surface area contributed by atoms with Gasteiger partial charge in [-0.2, -0.15) is 0 Å². The van der Waals surface area contributed by atoms with E-state index in [0.29, 0.717) is 24.7 Å². The lowest BCUT2D eigenvalue weighted by atomic mass is 9.63. The van der Waals surface area contributed by atoms with Gasteiger partial charge in [-0.05, 0) is 36.5 Å². The molecule has 1 heterocycles. The molecule has 3 fully saturated rings. The molecule has 4 aliphatic carbocycles. The topological polar surface area (TPSA) is 74.7 Å². The third kappa shape index (κ3) is 1.68. The Kier molecular flexibility index (Phi) is 2.97. The fourth-order valence-electron chi connectivity index (χ4n) is 5.05. The van der Waals surface area contributed by atoms with Gasteiger partial charge >= 0.3 is 5.97 Å². The van der Waals surface area contributed by atoms with Gasteiger partial charge in [-0.3, -0.25) is 14.5 Å². The van der Waals surface area contributed by atoms with Crippen molar-refractivity contribution in [2.45, 2.75) is 38.6 Å². The standard InChI is InChI=1S/C17H21NO4/c1-2-3-4-12(17(21)22)18-15(19)13-8-5-6-9(11-7-10(8)11)14(13)16(18)20/h5-6,8-14H,2-4,7H2,1H3,(H,21,22)/t8-,9-,10+,11+,12+,13-,14-/m1/s1. The molecule has 0 unspecified atom stereocenters. The minimum Gasteiger partial charge on any atom is -0.480 e. The maximum absolute atomic E-state index is 12.8. The highest BCUT2D eigenvalue weighted by atomic mass is 16.4. The van der Waals surface area contributed by atoms with Crippen LogP contribution < -0.4 is 0 Å². The summed E-state index contributed by atoms with van der Waals surface area (Å²) in [7, 11) is 0. The Morgan fingerprint density at radius 3 is 2.23 bits per heavy atom. The minimum atomic E-state index is -1.06. The van der Waals surface area contributed by atoms with Gasteiger partial charge in [0, 0.05) is 0 Å². The maximum atomic E-state index is 12.8. The van der Waals surface area contributed by atoms with Gasteiger partial charge in [-0.1, -0.05) is 31.9 Å². The van der Waals surface area contributed by atoms with Crippen molar-refractivity contribution in [3.05, 3.63) is 12.2 Å². The largest absolute Gasteiger partial charge is 0.480 e. The predicted molar refractivity (Wildman–Crippen MR) is 77.5 cm³/mol. The Morgan fingerprint density at radius 2 is 1.77 bits per heavy atom. The molecule has 5 aliphatic rings. The maximum Gasteiger partial charge on any atom is 0.326 e. The number of amides is 2. The zero-order valence-corrected chi connectivity index (χ0v) is 12.6. The van der Waals surface area contributed by atoms with Crippen LogP contribution in [0.1, 0.15) is 32.6 Å². The smallest absolute Gasteiger partial charge is 0.326 e. The van der Waals surface area contributed by atoms with Crippen molar-refractivity contribution in [3.63, 3.8) is 0 Å². The highest BCUT2D eigenvalue weighted by Gasteiger charge is 2.67. The SMILES string of the molecule is CCCC[C@@H](C(=O)O)N1C(=O)[C@@H]2[C@@H]3C=C[C@H]([C@@H]4C[C@@H]34)[C@H]2C1=O. The minimum absolute atomic E-state index is 0.155. The number of allylic oxidation sites excluding steroid dienone is 2. The van der Waals surface area contributed by atoms with E-state index in [-0.39, 0.29) is 35.5 Å². The second-order valence-electron chi connectivity index (χ2n) is 7.20. The van der Waals surface area contributed by atoms with Gasteiger partial charge in [0.1, 0.15) is 6.04 Å². The Labute approximate surface area is 129 Å². The van der Waals surface area contributed by atoms with Crippen LogP contribution in [0, 0.1) is 35.5 Å². The molecule has 2 amide bonds. The average Bonchev–Trinajstić information content (AvgIpc) is 3.27. The number of rotatable bonds is 5. The zero-order valence-electron chi connectivity index (χ0n) is 12.6. The summed E-state index contributed by atoms with van der Waals surface area (Å²) in [5.74, 6) is -0.710. The number of aliphatic carboxylic acids is 1. The first-order chi connectivity index (χ1) is 10.6. The van der Waals surface area contributed by atoms with Crippen LogP contribution in [0.4, 0.5) is 0 Å². The van der Waals surface area contributed by atoms with Crippen molar-refractivity contribution < 1.29 is 19.5 Å². The van der Waals surface area contributed by atoms with Crippen molar-refractivity contribution >= 4 is 17.8 Å². The Hall–Kier alpha value is -1.65. The van der Waals surface area contributed by atoms with E-state index >= 15 is 0 Å². The van der Waals surface area contributed by atoms with Crippen LogP contribution in [0.2, 0.25) is 0 Å². The number of hydrogen-bond acceptors (Lipinski definition) is 3. The third-order valence-electron chi connectivity index (χ3n) is 6.12. The van der Waals surface area contributed by atoms with Crippen molar-refractivity contribution in [3.8, 4) is 0 Å². The quantitative estimate of drug-likeness (QED) is 0.619. The van der Waals surface area contributed by atoms with Crippen LogP contribution in [0.25, 0.3) is 0 Å². The first-order valence-electron chi connectivity index (χ1n) is 8.34. The molecule has 1 aliphatic heterocycles. The van der Waals surface area contributed by atoms with Crippen LogP contribution in [-0.2, 0) is 14.4 Å². The van der Waals surface area contributed by atoms with E-state index in [1.807, 2.05) is 6.92 Å². The van der Waals surface area contributed by atoms with Crippen molar-refractivity contribution in [2.24, 2.45) is 35.5 Å². The Bertz CT molecular complexity index is 547. The van der Waals surface area contributed by atoms with Crippen LogP contribution in [0.3, 0.4) is 0 Å². The molecule has 0 spiro atoms. The first-order valence-corrected chi connectivity index (χ1v) is 8.34. The highest BCUT2D eigenvalue weighted by molar-refractivity contribution is 6.08. The lowest BCUT2D eigenvalue weighted by molar-refractivity contribution is -0.155. The van der Waals surface area contributed by atoms with Gasteiger partial charge < -0.3 is 5.11 Å². The van der Waals surface area contributed by atoms with Crippen LogP contribution >= 0.6 is 0 Å². The molecule has 0 radical (unpaired) electrons. The zero-order chi connectivity index (χ0) is 15.6. The molecule has 1 saturated heterocycles. The van der Waals surface area contributed by atoms with E-state index in [1.165, 1.54) is 0 Å². The molecule has 0 aromatic heterocycles. The van der Waals surface area contributed by atoms with Gasteiger partial charge in [0.2, 0.25) is 11.8 Å². The third-order valence-corrected chi connectivity index (χ3v) is 6.12. The van der Waals surface area contributed by atoms with E-state index in [4.69, 9.17) is 0 Å². The molecule has 5 heteroatoms. The average molecular weight is 303 g/mol. The van der Waals surface area contributed by atoms with E-state index in [9.17, 15) is 19.5 Å². The van der Waals surface area contributed by atoms with Crippen LogP contribution in [0.5, 0.6) is 0 Å². The van der Waals surface area contributed by atoms with Gasteiger partial charge in [0.25, 0.3) is 0 Å². The molecule has 0 aromatic rings. The molecule has 7 atom stereocenters. The van der Waals surface area contributed by atoms with Crippen LogP contribution in [-0.4, -0.2) is 33.8 Å². The van der Waals surface area contributed by atoms with Gasteiger partial charge in [0.05, 0.1) is 11.8 Å². The molecule has 0 aromatic carbocycles. The summed E-state index contributed by atoms with van der Waals surface area (Å²) in [5, 5.41) is 9.48. The number of carboxylic acid groups (broad SMARTS) is 1. The summed E-state index contributed by atoms with van der Waals surface area (Å²) in [6, 6.07) is -0.985. The summed E-state index contributed by atoms with van der Waals surface area (Å²) >= 11 is 0. The molecule has 2 bridgehead atoms. The number of carbonyl (C=O) groups is 3. The summed E-state index contributed by atoms with van der Waals surface area (Å²) in [4.78, 5) is 38.3. The number of hydrogen-bond donors (Lipinski definition) is 1. The Morgan fingerprint density at radius 1 is 1.23 bits per heavy atom. The summed E-state index contributed by atoms with van der Waals surface area (Å²) < 4.78 is 0. The number of imide groups is 1. The molecule has 5 nitrogen and oxygen atoms in total. The number of carbonyl (C=O) groups excluding carboxylic acids is 2. The van der Waals surface area contributed by atoms with Gasteiger partial charge in [-0.15, -0.1) is 0 Å². The molecule has 1 N–H and O–H groups in total. The normalized spacial score (nSPS) is 42.3. The molecule has 22 heavy (non-hydrogen) atoms. The lowest BCUT2D eigenvalue weighted by Gasteiger charge is -2.37. The van der Waals surface area contributed by atoms with E-state index in [2.05, 4.69) is 12.2 Å². The number of likely N-dealkylation sites (tertiary alicyclic amines) is 1. The fraction of sp³-hybridized carbons (Fsp3) is 0.706. The summed E-state index contributed by atoms with van der Waals surface area (Å²) in [6.07, 6.45) is 7.25. The fourth-order valence-corrected chi connectivity index (χ4v) is 5.05. The second kappa shape index (κ2) is 4.67. The molecular weight excluding hydrogens is 282 g/mol. The lowest BCUT2D eigenvalue weighted by Crippen LogP contribution is -2.45. The number of unbranched alkanes of at least 4 members (excludes halogenated alkanes) is 1. The van der Waals surface area contributed by atoms with E-state index in [1.54, 1.807) is 0 Å². The summed E-state index contributed by atoms with van der Waals surface area (Å²) in [6.45, 7) is 1.98. The monoisotopic (exact) mass is 303 g/mol. The molecule has 2 saturated carbocycles. The first kappa shape index (κ1) is 14.0. The van der Waals surface area contributed by atoms with Gasteiger partial charge in [0.15, 0.2) is 0 Å². The van der Waals surface area contributed by atoms with Gasteiger partial charge in [-0.25, -0.2) is 4.79 Å². The van der Waals surface area contributed by atoms with Crippen LogP contribution in [0.15, 0.2) is 12.2 Å². The Balaban J connectivity index is 1.65. The number of nitrogens with zero attached hydrogens (tertiary/aromatic N) is 1. The molecule has 5 rings (SSSR count). The highest BCUT2D eigenvalue weighted by Crippen LogP contribution is 2.65. The van der Waals surface area contributed by atoms with Crippen molar-refractivity contribution in [1.82, 2.24) is 4.90 Å². The predicted octanol–water partition coefficient (Wildman–Crippen LogP) is 1.68.